The fourth-order valence-electron chi connectivity index (χ4n) is 2.90. The molecule has 1 aliphatic heterocycles. The average Bonchev–Trinajstić information content (AvgIpc) is 2.61. The van der Waals surface area contributed by atoms with Crippen LogP contribution >= 0.6 is 0 Å². The molecule has 0 aliphatic carbocycles. The molecule has 1 amide bonds. The van der Waals surface area contributed by atoms with E-state index in [2.05, 4.69) is 20.9 Å². The molecule has 0 radical (unpaired) electrons. The van der Waals surface area contributed by atoms with E-state index in [0.717, 1.165) is 43.9 Å². The Morgan fingerprint density at radius 1 is 1.17 bits per heavy atom. The van der Waals surface area contributed by atoms with Crippen LogP contribution in [0, 0.1) is 6.92 Å². The fourth-order valence-corrected chi connectivity index (χ4v) is 2.90. The molecular weight excluding hydrogens is 288 g/mol. The number of nitrogens with zero attached hydrogens (tertiary/aromatic N) is 4. The van der Waals surface area contributed by atoms with Gasteiger partial charge in [0.2, 0.25) is 5.91 Å². The molecule has 0 unspecified atom stereocenters. The van der Waals surface area contributed by atoms with E-state index in [-0.39, 0.29) is 5.91 Å². The Bertz CT molecular complexity index is 651. The molecule has 5 heteroatoms. The second-order valence-electron chi connectivity index (χ2n) is 5.88. The summed E-state index contributed by atoms with van der Waals surface area (Å²) in [5.41, 5.74) is 3.34. The van der Waals surface area contributed by atoms with Crippen LogP contribution in [0.1, 0.15) is 17.7 Å². The van der Waals surface area contributed by atoms with E-state index in [1.807, 2.05) is 42.4 Å². The molecule has 0 bridgehead atoms. The first-order valence-corrected chi connectivity index (χ1v) is 8.06. The minimum Gasteiger partial charge on any atom is -0.368 e. The van der Waals surface area contributed by atoms with Gasteiger partial charge in [-0.3, -0.25) is 14.8 Å². The van der Waals surface area contributed by atoms with Crippen molar-refractivity contribution in [1.82, 2.24) is 14.9 Å². The Kier molecular flexibility index (Phi) is 4.86. The number of aryl methyl sites for hydroxylation is 2. The third kappa shape index (κ3) is 4.06. The van der Waals surface area contributed by atoms with Gasteiger partial charge >= 0.3 is 0 Å². The van der Waals surface area contributed by atoms with Gasteiger partial charge in [-0.2, -0.15) is 0 Å². The van der Waals surface area contributed by atoms with Crippen molar-refractivity contribution < 1.29 is 4.79 Å². The SMILES string of the molecule is Cc1cc(N2CCN(C(=O)CCc3cccnc3)CC2)ccn1. The first kappa shape index (κ1) is 15.5. The van der Waals surface area contributed by atoms with Crippen LogP contribution < -0.4 is 4.90 Å². The van der Waals surface area contributed by atoms with Gasteiger partial charge in [-0.05, 0) is 37.1 Å². The van der Waals surface area contributed by atoms with Crippen LogP contribution in [-0.4, -0.2) is 47.0 Å². The van der Waals surface area contributed by atoms with E-state index < -0.39 is 0 Å². The summed E-state index contributed by atoms with van der Waals surface area (Å²) in [6.07, 6.45) is 6.74. The Morgan fingerprint density at radius 3 is 2.70 bits per heavy atom. The maximum absolute atomic E-state index is 12.3. The molecule has 3 rings (SSSR count). The molecule has 0 atom stereocenters. The van der Waals surface area contributed by atoms with Gasteiger partial charge in [0.1, 0.15) is 0 Å². The normalized spacial score (nSPS) is 14.8. The summed E-state index contributed by atoms with van der Waals surface area (Å²) in [7, 11) is 0. The standard InChI is InChI=1S/C18H22N4O/c1-15-13-17(6-8-20-15)21-9-11-22(12-10-21)18(23)5-4-16-3-2-7-19-14-16/h2-3,6-8,13-14H,4-5,9-12H2,1H3. The van der Waals surface area contributed by atoms with E-state index in [9.17, 15) is 4.79 Å². The summed E-state index contributed by atoms with van der Waals surface area (Å²) in [5, 5.41) is 0. The van der Waals surface area contributed by atoms with E-state index in [1.54, 1.807) is 6.20 Å². The summed E-state index contributed by atoms with van der Waals surface area (Å²) in [6.45, 7) is 5.33. The van der Waals surface area contributed by atoms with Gasteiger partial charge in [-0.15, -0.1) is 0 Å². The number of hydrogen-bond acceptors (Lipinski definition) is 4. The largest absolute Gasteiger partial charge is 0.368 e. The van der Waals surface area contributed by atoms with E-state index in [4.69, 9.17) is 0 Å². The lowest BCUT2D eigenvalue weighted by atomic mass is 10.1. The minimum absolute atomic E-state index is 0.236. The number of rotatable bonds is 4. The summed E-state index contributed by atoms with van der Waals surface area (Å²) >= 11 is 0. The zero-order chi connectivity index (χ0) is 16.1. The molecular formula is C18H22N4O. The van der Waals surface area contributed by atoms with E-state index in [0.29, 0.717) is 6.42 Å². The summed E-state index contributed by atoms with van der Waals surface area (Å²) in [5.74, 6) is 0.236. The van der Waals surface area contributed by atoms with Crippen molar-refractivity contribution in [3.8, 4) is 0 Å². The van der Waals surface area contributed by atoms with Crippen molar-refractivity contribution in [3.63, 3.8) is 0 Å². The van der Waals surface area contributed by atoms with Gasteiger partial charge in [0, 0.05) is 62.6 Å². The molecule has 120 valence electrons. The third-order valence-corrected chi connectivity index (χ3v) is 4.23. The van der Waals surface area contributed by atoms with Crippen molar-refractivity contribution >= 4 is 11.6 Å². The summed E-state index contributed by atoms with van der Waals surface area (Å²) in [6, 6.07) is 8.06. The number of anilines is 1. The first-order valence-electron chi connectivity index (χ1n) is 8.06. The molecule has 1 saturated heterocycles. The van der Waals surface area contributed by atoms with Gasteiger partial charge in [0.25, 0.3) is 0 Å². The lowest BCUT2D eigenvalue weighted by molar-refractivity contribution is -0.131. The number of aromatic nitrogens is 2. The molecule has 5 nitrogen and oxygen atoms in total. The Morgan fingerprint density at radius 2 is 2.00 bits per heavy atom. The van der Waals surface area contributed by atoms with Gasteiger partial charge in [-0.25, -0.2) is 0 Å². The molecule has 23 heavy (non-hydrogen) atoms. The average molecular weight is 310 g/mol. The highest BCUT2D eigenvalue weighted by Crippen LogP contribution is 2.17. The molecule has 0 N–H and O–H groups in total. The van der Waals surface area contributed by atoms with Gasteiger partial charge in [0.05, 0.1) is 0 Å². The van der Waals surface area contributed by atoms with Crippen LogP contribution in [-0.2, 0) is 11.2 Å². The Labute approximate surface area is 137 Å². The van der Waals surface area contributed by atoms with E-state index in [1.165, 1.54) is 5.69 Å². The van der Waals surface area contributed by atoms with Gasteiger partial charge in [0.15, 0.2) is 0 Å². The zero-order valence-electron chi connectivity index (χ0n) is 13.5. The smallest absolute Gasteiger partial charge is 0.223 e. The van der Waals surface area contributed by atoms with Crippen LogP contribution in [0.4, 0.5) is 5.69 Å². The molecule has 1 fully saturated rings. The Balaban J connectivity index is 1.49. The number of pyridine rings is 2. The topological polar surface area (TPSA) is 49.3 Å². The highest BCUT2D eigenvalue weighted by molar-refractivity contribution is 5.76. The zero-order valence-corrected chi connectivity index (χ0v) is 13.5. The first-order chi connectivity index (χ1) is 11.2. The van der Waals surface area contributed by atoms with Crippen LogP contribution in [0.5, 0.6) is 0 Å². The number of hydrogen-bond donors (Lipinski definition) is 0. The molecule has 3 heterocycles. The monoisotopic (exact) mass is 310 g/mol. The lowest BCUT2D eigenvalue weighted by Gasteiger charge is -2.36. The summed E-state index contributed by atoms with van der Waals surface area (Å²) < 4.78 is 0. The molecule has 0 spiro atoms. The van der Waals surface area contributed by atoms with Crippen LogP contribution in [0.25, 0.3) is 0 Å². The van der Waals surface area contributed by atoms with Crippen LogP contribution in [0.3, 0.4) is 0 Å². The fraction of sp³-hybridized carbons (Fsp3) is 0.389. The number of carbonyl (C=O) groups is 1. The molecule has 1 aliphatic rings. The van der Waals surface area contributed by atoms with Crippen LogP contribution in [0.15, 0.2) is 42.9 Å². The lowest BCUT2D eigenvalue weighted by Crippen LogP contribution is -2.48. The third-order valence-electron chi connectivity index (χ3n) is 4.23. The van der Waals surface area contributed by atoms with Crippen molar-refractivity contribution in [2.75, 3.05) is 31.1 Å². The van der Waals surface area contributed by atoms with Crippen molar-refractivity contribution in [2.45, 2.75) is 19.8 Å². The molecule has 2 aromatic rings. The van der Waals surface area contributed by atoms with Crippen LogP contribution in [0.2, 0.25) is 0 Å². The number of carbonyl (C=O) groups excluding carboxylic acids is 1. The summed E-state index contributed by atoms with van der Waals surface area (Å²) in [4.78, 5) is 25.0. The second-order valence-corrected chi connectivity index (χ2v) is 5.88. The molecule has 2 aromatic heterocycles. The quantitative estimate of drug-likeness (QED) is 0.867. The van der Waals surface area contributed by atoms with Crippen molar-refractivity contribution in [1.29, 1.82) is 0 Å². The van der Waals surface area contributed by atoms with E-state index >= 15 is 0 Å². The number of piperazine rings is 1. The van der Waals surface area contributed by atoms with Gasteiger partial charge in [-0.1, -0.05) is 6.07 Å². The predicted octanol–water partition coefficient (Wildman–Crippen LogP) is 2.07. The van der Waals surface area contributed by atoms with Crippen molar-refractivity contribution in [2.24, 2.45) is 0 Å². The highest BCUT2D eigenvalue weighted by atomic mass is 16.2. The van der Waals surface area contributed by atoms with Crippen molar-refractivity contribution in [3.05, 3.63) is 54.1 Å². The van der Waals surface area contributed by atoms with Gasteiger partial charge < -0.3 is 9.80 Å². The highest BCUT2D eigenvalue weighted by Gasteiger charge is 2.21. The Hall–Kier alpha value is -2.43. The maximum Gasteiger partial charge on any atom is 0.223 e. The second kappa shape index (κ2) is 7.22. The maximum atomic E-state index is 12.3. The molecule has 0 saturated carbocycles. The predicted molar refractivity (Wildman–Crippen MR) is 90.3 cm³/mol. The minimum atomic E-state index is 0.236. The number of amides is 1. The molecule has 0 aromatic carbocycles.